The minimum absolute atomic E-state index is 0.0792. The Morgan fingerprint density at radius 3 is 2.44 bits per heavy atom. The van der Waals surface area contributed by atoms with E-state index in [0.29, 0.717) is 0 Å². The molecule has 18 heavy (non-hydrogen) atoms. The lowest BCUT2D eigenvalue weighted by Crippen LogP contribution is -2.49. The van der Waals surface area contributed by atoms with Gasteiger partial charge in [0, 0.05) is 18.6 Å². The van der Waals surface area contributed by atoms with Gasteiger partial charge in [-0.2, -0.15) is 5.01 Å². The van der Waals surface area contributed by atoms with Crippen LogP contribution in [0.3, 0.4) is 0 Å². The van der Waals surface area contributed by atoms with Crippen molar-refractivity contribution in [2.75, 3.05) is 6.54 Å². The van der Waals surface area contributed by atoms with E-state index in [1.165, 1.54) is 0 Å². The van der Waals surface area contributed by atoms with E-state index in [4.69, 9.17) is 6.42 Å². The van der Waals surface area contributed by atoms with Gasteiger partial charge in [-0.05, 0) is 6.42 Å². The lowest BCUT2D eigenvalue weighted by molar-refractivity contribution is -0.165. The first-order valence-electron chi connectivity index (χ1n) is 5.91. The molecule has 0 spiro atoms. The highest BCUT2D eigenvalue weighted by molar-refractivity contribution is 6.13. The molecule has 0 N–H and O–H groups in total. The number of carbonyl (C=O) groups excluding carboxylic acids is 3. The molecular weight excluding hydrogens is 232 g/mol. The summed E-state index contributed by atoms with van der Waals surface area (Å²) in [5.74, 6) is 0.932. The van der Waals surface area contributed by atoms with Crippen LogP contribution >= 0.6 is 0 Å². The third-order valence-electron chi connectivity index (χ3n) is 2.55. The van der Waals surface area contributed by atoms with E-state index < -0.39 is 11.8 Å². The van der Waals surface area contributed by atoms with Crippen LogP contribution < -0.4 is 0 Å². The lowest BCUT2D eigenvalue weighted by atomic mass is 10.2. The van der Waals surface area contributed by atoms with E-state index in [-0.39, 0.29) is 18.9 Å². The monoisotopic (exact) mass is 248 g/mol. The van der Waals surface area contributed by atoms with Crippen LogP contribution in [0.1, 0.15) is 32.6 Å². The zero-order valence-electron chi connectivity index (χ0n) is 10.4. The summed E-state index contributed by atoms with van der Waals surface area (Å²) in [5.41, 5.74) is 0. The number of unbranched alkanes of at least 4 members (excludes halogenated alkanes) is 2. The summed E-state index contributed by atoms with van der Waals surface area (Å²) in [6.07, 6.45) is 10.4. The van der Waals surface area contributed by atoms with Gasteiger partial charge in [0.2, 0.25) is 5.91 Å². The average Bonchev–Trinajstić information content (AvgIpc) is 2.67. The largest absolute Gasteiger partial charge is 0.273 e. The molecule has 0 aromatic heterocycles. The quantitative estimate of drug-likeness (QED) is 0.398. The molecule has 0 atom stereocenters. The fraction of sp³-hybridized carbons (Fsp3) is 0.462. The first kappa shape index (κ1) is 14.0. The van der Waals surface area contributed by atoms with Crippen molar-refractivity contribution in [2.45, 2.75) is 32.6 Å². The lowest BCUT2D eigenvalue weighted by Gasteiger charge is -2.28. The maximum absolute atomic E-state index is 11.9. The molecule has 0 fully saturated rings. The summed E-state index contributed by atoms with van der Waals surface area (Å²) in [7, 11) is 0. The van der Waals surface area contributed by atoms with E-state index in [1.807, 2.05) is 6.92 Å². The van der Waals surface area contributed by atoms with Crippen molar-refractivity contribution in [2.24, 2.45) is 0 Å². The minimum Gasteiger partial charge on any atom is -0.273 e. The van der Waals surface area contributed by atoms with Gasteiger partial charge in [0.15, 0.2) is 0 Å². The van der Waals surface area contributed by atoms with Crippen LogP contribution in [0, 0.1) is 12.3 Å². The van der Waals surface area contributed by atoms with Gasteiger partial charge in [-0.3, -0.25) is 14.4 Å². The Bertz CT molecular complexity index is 402. The average molecular weight is 248 g/mol. The summed E-state index contributed by atoms with van der Waals surface area (Å²) in [6.45, 7) is 1.95. The number of hydrogen-bond donors (Lipinski definition) is 0. The van der Waals surface area contributed by atoms with Crippen LogP contribution in [0.15, 0.2) is 12.2 Å². The molecule has 3 amide bonds. The molecule has 96 valence electrons. The van der Waals surface area contributed by atoms with E-state index in [2.05, 4.69) is 5.92 Å². The third kappa shape index (κ3) is 3.20. The molecule has 5 heteroatoms. The minimum atomic E-state index is -0.529. The summed E-state index contributed by atoms with van der Waals surface area (Å²) >= 11 is 0. The number of carbonyl (C=O) groups is 3. The van der Waals surface area contributed by atoms with Gasteiger partial charge in [-0.1, -0.05) is 25.7 Å². The highest BCUT2D eigenvalue weighted by atomic mass is 16.2. The number of hydrazine groups is 1. The number of imide groups is 1. The Morgan fingerprint density at radius 2 is 1.94 bits per heavy atom. The van der Waals surface area contributed by atoms with Crippen LogP contribution in [0.25, 0.3) is 0 Å². The molecule has 0 aromatic carbocycles. The van der Waals surface area contributed by atoms with Gasteiger partial charge in [0.1, 0.15) is 6.54 Å². The van der Waals surface area contributed by atoms with Gasteiger partial charge < -0.3 is 0 Å². The van der Waals surface area contributed by atoms with E-state index in [0.717, 1.165) is 41.4 Å². The van der Waals surface area contributed by atoms with Crippen molar-refractivity contribution < 1.29 is 14.4 Å². The number of nitrogens with zero attached hydrogens (tertiary/aromatic N) is 2. The van der Waals surface area contributed by atoms with Crippen molar-refractivity contribution in [1.29, 1.82) is 0 Å². The zero-order chi connectivity index (χ0) is 13.5. The second-order valence-electron chi connectivity index (χ2n) is 3.93. The Labute approximate surface area is 106 Å². The number of hydrogen-bond acceptors (Lipinski definition) is 3. The van der Waals surface area contributed by atoms with Crippen LogP contribution in [-0.4, -0.2) is 34.3 Å². The number of terminal acetylenes is 1. The SMILES string of the molecule is C#CCN(C(=O)CCCCC)N1C(=O)C=CC1=O. The Morgan fingerprint density at radius 1 is 1.33 bits per heavy atom. The van der Waals surface area contributed by atoms with Gasteiger partial charge in [-0.25, -0.2) is 5.01 Å². The van der Waals surface area contributed by atoms with Crippen LogP contribution in [0.4, 0.5) is 0 Å². The van der Waals surface area contributed by atoms with E-state index in [1.54, 1.807) is 0 Å². The van der Waals surface area contributed by atoms with E-state index >= 15 is 0 Å². The summed E-state index contributed by atoms with van der Waals surface area (Å²) in [5, 5.41) is 1.84. The summed E-state index contributed by atoms with van der Waals surface area (Å²) < 4.78 is 0. The van der Waals surface area contributed by atoms with Gasteiger partial charge >= 0.3 is 0 Å². The molecule has 0 bridgehead atoms. The fourth-order valence-electron chi connectivity index (χ4n) is 1.64. The first-order valence-corrected chi connectivity index (χ1v) is 5.91. The number of rotatable bonds is 6. The fourth-order valence-corrected chi connectivity index (χ4v) is 1.64. The maximum atomic E-state index is 11.9. The van der Waals surface area contributed by atoms with Crippen LogP contribution in [-0.2, 0) is 14.4 Å². The van der Waals surface area contributed by atoms with Gasteiger partial charge in [-0.15, -0.1) is 6.42 Å². The Balaban J connectivity index is 2.71. The second kappa shape index (κ2) is 6.60. The highest BCUT2D eigenvalue weighted by Gasteiger charge is 2.32. The van der Waals surface area contributed by atoms with Crippen molar-refractivity contribution in [1.82, 2.24) is 10.0 Å². The molecule has 0 aromatic rings. The summed E-state index contributed by atoms with van der Waals surface area (Å²) in [6, 6.07) is 0. The van der Waals surface area contributed by atoms with Crippen molar-refractivity contribution >= 4 is 17.7 Å². The molecule has 1 rings (SSSR count). The van der Waals surface area contributed by atoms with Crippen LogP contribution in [0.2, 0.25) is 0 Å². The predicted octanol–water partition coefficient (Wildman–Crippen LogP) is 0.869. The molecule has 0 unspecified atom stereocenters. The molecule has 5 nitrogen and oxygen atoms in total. The van der Waals surface area contributed by atoms with E-state index in [9.17, 15) is 14.4 Å². The van der Waals surface area contributed by atoms with Crippen molar-refractivity contribution in [3.63, 3.8) is 0 Å². The van der Waals surface area contributed by atoms with Crippen molar-refractivity contribution in [3.8, 4) is 12.3 Å². The maximum Gasteiger partial charge on any atom is 0.272 e. The predicted molar refractivity (Wildman–Crippen MR) is 65.7 cm³/mol. The molecule has 0 saturated heterocycles. The molecular formula is C13H16N2O3. The molecule has 0 radical (unpaired) electrons. The van der Waals surface area contributed by atoms with Gasteiger partial charge in [0.25, 0.3) is 11.8 Å². The molecule has 0 saturated carbocycles. The van der Waals surface area contributed by atoms with Gasteiger partial charge in [0.05, 0.1) is 0 Å². The van der Waals surface area contributed by atoms with Crippen LogP contribution in [0.5, 0.6) is 0 Å². The first-order chi connectivity index (χ1) is 8.61. The normalized spacial score (nSPS) is 13.9. The molecule has 1 aliphatic rings. The molecule has 0 aliphatic carbocycles. The third-order valence-corrected chi connectivity index (χ3v) is 2.55. The molecule has 1 aliphatic heterocycles. The topological polar surface area (TPSA) is 57.7 Å². The van der Waals surface area contributed by atoms with Crippen molar-refractivity contribution in [3.05, 3.63) is 12.2 Å². The molecule has 1 heterocycles. The Kier molecular flexibility index (Phi) is 5.12. The summed E-state index contributed by atoms with van der Waals surface area (Å²) in [4.78, 5) is 34.9. The Hall–Kier alpha value is -2.09. The smallest absolute Gasteiger partial charge is 0.272 e. The highest BCUT2D eigenvalue weighted by Crippen LogP contribution is 2.11. The number of amides is 3. The standard InChI is InChI=1S/C13H16N2O3/c1-3-5-6-7-11(16)14(10-4-2)15-12(17)8-9-13(15)18/h2,8-9H,3,5-7,10H2,1H3. The zero-order valence-corrected chi connectivity index (χ0v) is 10.4. The second-order valence-corrected chi connectivity index (χ2v) is 3.93.